The summed E-state index contributed by atoms with van der Waals surface area (Å²) in [4.78, 5) is 10.2. The summed E-state index contributed by atoms with van der Waals surface area (Å²) in [6.45, 7) is 6.24. The number of nitrogens with zero attached hydrogens (tertiary/aromatic N) is 2. The van der Waals surface area contributed by atoms with Crippen molar-refractivity contribution in [3.63, 3.8) is 0 Å². The molecular weight excluding hydrogens is 262 g/mol. The fourth-order valence-electron chi connectivity index (χ4n) is 2.58. The molecule has 1 aromatic heterocycles. The number of aromatic nitrogens is 2. The predicted molar refractivity (Wildman–Crippen MR) is 86.8 cm³/mol. The van der Waals surface area contributed by atoms with Gasteiger partial charge in [0.1, 0.15) is 11.6 Å². The number of benzene rings is 2. The van der Waals surface area contributed by atoms with Gasteiger partial charge in [0, 0.05) is 18.8 Å². The van der Waals surface area contributed by atoms with Crippen molar-refractivity contribution in [1.29, 1.82) is 0 Å². The summed E-state index contributed by atoms with van der Waals surface area (Å²) in [6.07, 6.45) is 0. The van der Waals surface area contributed by atoms with E-state index in [2.05, 4.69) is 40.8 Å². The third-order valence-corrected chi connectivity index (χ3v) is 3.75. The average Bonchev–Trinajstić information content (AvgIpc) is 2.92. The van der Waals surface area contributed by atoms with Gasteiger partial charge in [-0.05, 0) is 44.2 Å². The number of rotatable bonds is 4. The van der Waals surface area contributed by atoms with Crippen molar-refractivity contribution < 1.29 is 5.11 Å². The van der Waals surface area contributed by atoms with Crippen LogP contribution in [-0.2, 0) is 0 Å². The number of aromatic hydroxyl groups is 1. The molecule has 0 aliphatic rings. The van der Waals surface area contributed by atoms with Crippen LogP contribution in [0.5, 0.6) is 5.75 Å². The zero-order valence-corrected chi connectivity index (χ0v) is 12.3. The number of phenolic OH excluding ortho intramolecular Hbond substituents is 1. The van der Waals surface area contributed by atoms with Crippen molar-refractivity contribution in [3.8, 4) is 17.1 Å². The Morgan fingerprint density at radius 2 is 1.86 bits per heavy atom. The highest BCUT2D eigenvalue weighted by Gasteiger charge is 2.10. The number of nitrogens with one attached hydrogen (secondary N) is 1. The first kappa shape index (κ1) is 13.5. The van der Waals surface area contributed by atoms with Gasteiger partial charge in [-0.15, -0.1) is 0 Å². The molecular formula is C17H19N3O. The number of fused-ring (bicyclic) bond motifs is 1. The second-order valence-corrected chi connectivity index (χ2v) is 4.98. The molecule has 0 aliphatic carbocycles. The Balaban J connectivity index is 2.07. The molecule has 21 heavy (non-hydrogen) atoms. The molecule has 1 heterocycles. The van der Waals surface area contributed by atoms with Crippen molar-refractivity contribution in [1.82, 2.24) is 9.97 Å². The van der Waals surface area contributed by atoms with E-state index in [9.17, 15) is 5.11 Å². The quantitative estimate of drug-likeness (QED) is 0.765. The monoisotopic (exact) mass is 281 g/mol. The zero-order valence-electron chi connectivity index (χ0n) is 12.3. The van der Waals surface area contributed by atoms with Gasteiger partial charge in [0.05, 0.1) is 16.6 Å². The molecule has 0 aliphatic heterocycles. The Morgan fingerprint density at radius 3 is 2.57 bits per heavy atom. The Hall–Kier alpha value is -2.49. The first-order valence-corrected chi connectivity index (χ1v) is 7.26. The highest BCUT2D eigenvalue weighted by Crippen LogP contribution is 2.29. The molecule has 0 bridgehead atoms. The van der Waals surface area contributed by atoms with Crippen molar-refractivity contribution in [2.75, 3.05) is 18.0 Å². The van der Waals surface area contributed by atoms with Gasteiger partial charge in [0.2, 0.25) is 0 Å². The summed E-state index contributed by atoms with van der Waals surface area (Å²) in [5.74, 6) is 0.931. The van der Waals surface area contributed by atoms with Gasteiger partial charge in [-0.3, -0.25) is 0 Å². The molecule has 4 heteroatoms. The second-order valence-electron chi connectivity index (χ2n) is 4.98. The van der Waals surface area contributed by atoms with E-state index in [-0.39, 0.29) is 5.75 Å². The normalized spacial score (nSPS) is 11.0. The standard InChI is InChI=1S/C17H19N3O/c1-3-20(4-2)12-9-10-14-15(11-12)19-17(18-14)13-7-5-6-8-16(13)21/h5-11,21H,3-4H2,1-2H3,(H,18,19). The lowest BCUT2D eigenvalue weighted by molar-refractivity contribution is 0.477. The van der Waals surface area contributed by atoms with Crippen LogP contribution in [0.2, 0.25) is 0 Å². The molecule has 0 saturated carbocycles. The van der Waals surface area contributed by atoms with Crippen LogP contribution in [0.1, 0.15) is 13.8 Å². The van der Waals surface area contributed by atoms with Gasteiger partial charge < -0.3 is 15.0 Å². The average molecular weight is 281 g/mol. The Labute approximate surface area is 124 Å². The molecule has 2 N–H and O–H groups in total. The number of H-pyrrole nitrogens is 1. The zero-order chi connectivity index (χ0) is 14.8. The predicted octanol–water partition coefficient (Wildman–Crippen LogP) is 3.78. The van der Waals surface area contributed by atoms with Gasteiger partial charge in [-0.25, -0.2) is 4.98 Å². The number of phenols is 1. The van der Waals surface area contributed by atoms with Crippen LogP contribution in [-0.4, -0.2) is 28.2 Å². The summed E-state index contributed by atoms with van der Waals surface area (Å²) in [5.41, 5.74) is 3.79. The van der Waals surface area contributed by atoms with E-state index in [1.807, 2.05) is 18.2 Å². The topological polar surface area (TPSA) is 52.1 Å². The maximum atomic E-state index is 9.94. The number of imidazole rings is 1. The second kappa shape index (κ2) is 5.48. The lowest BCUT2D eigenvalue weighted by atomic mass is 10.2. The van der Waals surface area contributed by atoms with E-state index in [4.69, 9.17) is 0 Å². The van der Waals surface area contributed by atoms with E-state index < -0.39 is 0 Å². The summed E-state index contributed by atoms with van der Waals surface area (Å²) in [7, 11) is 0. The van der Waals surface area contributed by atoms with Gasteiger partial charge in [-0.1, -0.05) is 12.1 Å². The summed E-state index contributed by atoms with van der Waals surface area (Å²) in [5, 5.41) is 9.94. The molecule has 2 aromatic carbocycles. The maximum absolute atomic E-state index is 9.94. The van der Waals surface area contributed by atoms with Gasteiger partial charge in [-0.2, -0.15) is 0 Å². The third kappa shape index (κ3) is 2.44. The van der Waals surface area contributed by atoms with E-state index >= 15 is 0 Å². The highest BCUT2D eigenvalue weighted by atomic mass is 16.3. The fraction of sp³-hybridized carbons (Fsp3) is 0.235. The molecule has 0 fully saturated rings. The van der Waals surface area contributed by atoms with Crippen molar-refractivity contribution in [3.05, 3.63) is 42.5 Å². The molecule has 0 atom stereocenters. The van der Waals surface area contributed by atoms with Gasteiger partial charge >= 0.3 is 0 Å². The number of anilines is 1. The van der Waals surface area contributed by atoms with Crippen LogP contribution in [0, 0.1) is 0 Å². The van der Waals surface area contributed by atoms with Crippen molar-refractivity contribution in [2.24, 2.45) is 0 Å². The number of para-hydroxylation sites is 1. The number of hydrogen-bond acceptors (Lipinski definition) is 3. The number of aromatic amines is 1. The Morgan fingerprint density at radius 1 is 1.10 bits per heavy atom. The summed E-state index contributed by atoms with van der Waals surface area (Å²) >= 11 is 0. The lowest BCUT2D eigenvalue weighted by Gasteiger charge is -2.20. The summed E-state index contributed by atoms with van der Waals surface area (Å²) in [6, 6.07) is 13.4. The summed E-state index contributed by atoms with van der Waals surface area (Å²) < 4.78 is 0. The van der Waals surface area contributed by atoms with Crippen LogP contribution < -0.4 is 4.90 Å². The van der Waals surface area contributed by atoms with Crippen molar-refractivity contribution >= 4 is 16.7 Å². The SMILES string of the molecule is CCN(CC)c1ccc2nc(-c3ccccc3O)[nH]c2c1. The maximum Gasteiger partial charge on any atom is 0.142 e. The van der Waals surface area contributed by atoms with E-state index in [1.54, 1.807) is 12.1 Å². The molecule has 3 aromatic rings. The smallest absolute Gasteiger partial charge is 0.142 e. The first-order chi connectivity index (χ1) is 10.2. The van der Waals surface area contributed by atoms with Gasteiger partial charge in [0.25, 0.3) is 0 Å². The Bertz CT molecular complexity index is 760. The lowest BCUT2D eigenvalue weighted by Crippen LogP contribution is -2.21. The van der Waals surface area contributed by atoms with Crippen LogP contribution in [0.3, 0.4) is 0 Å². The number of hydrogen-bond donors (Lipinski definition) is 2. The molecule has 108 valence electrons. The highest BCUT2D eigenvalue weighted by molar-refractivity contribution is 5.83. The molecule has 0 unspecified atom stereocenters. The van der Waals surface area contributed by atoms with Crippen LogP contribution in [0.25, 0.3) is 22.4 Å². The fourth-order valence-corrected chi connectivity index (χ4v) is 2.58. The molecule has 0 saturated heterocycles. The van der Waals surface area contributed by atoms with Crippen LogP contribution in [0.15, 0.2) is 42.5 Å². The third-order valence-electron chi connectivity index (χ3n) is 3.75. The van der Waals surface area contributed by atoms with E-state index in [1.165, 1.54) is 5.69 Å². The minimum Gasteiger partial charge on any atom is -0.507 e. The van der Waals surface area contributed by atoms with E-state index in [0.29, 0.717) is 5.82 Å². The molecule has 4 nitrogen and oxygen atoms in total. The minimum absolute atomic E-state index is 0.237. The first-order valence-electron chi connectivity index (χ1n) is 7.26. The Kier molecular flexibility index (Phi) is 3.52. The van der Waals surface area contributed by atoms with Crippen LogP contribution in [0.4, 0.5) is 5.69 Å². The molecule has 0 radical (unpaired) electrons. The molecule has 0 amide bonds. The molecule has 0 spiro atoms. The van der Waals surface area contributed by atoms with Crippen LogP contribution >= 0.6 is 0 Å². The van der Waals surface area contributed by atoms with E-state index in [0.717, 1.165) is 29.7 Å². The van der Waals surface area contributed by atoms with Crippen molar-refractivity contribution in [2.45, 2.75) is 13.8 Å². The minimum atomic E-state index is 0.237. The molecule has 3 rings (SSSR count). The van der Waals surface area contributed by atoms with Gasteiger partial charge in [0.15, 0.2) is 0 Å². The largest absolute Gasteiger partial charge is 0.507 e.